The first-order valence-corrected chi connectivity index (χ1v) is 9.95. The topological polar surface area (TPSA) is 90.7 Å². The van der Waals surface area contributed by atoms with Crippen molar-refractivity contribution in [3.63, 3.8) is 0 Å². The Kier molecular flexibility index (Phi) is 9.53. The van der Waals surface area contributed by atoms with Gasteiger partial charge in [0.1, 0.15) is 0 Å². The molecule has 0 aromatic heterocycles. The molecule has 7 nitrogen and oxygen atoms in total. The lowest BCUT2D eigenvalue weighted by atomic mass is 10.1. The molecule has 1 N–H and O–H groups in total. The molecule has 2 rings (SSSR count). The molecule has 29 heavy (non-hydrogen) atoms. The average Bonchev–Trinajstić information content (AvgIpc) is 2.68. The zero-order valence-electron chi connectivity index (χ0n) is 15.7. The summed E-state index contributed by atoms with van der Waals surface area (Å²) in [5, 5.41) is 13.4. The predicted octanol–water partition coefficient (Wildman–Crippen LogP) is 5.59. The lowest BCUT2D eigenvalue weighted by Gasteiger charge is -2.14. The van der Waals surface area contributed by atoms with Crippen molar-refractivity contribution in [2.75, 3.05) is 18.5 Å². The summed E-state index contributed by atoms with van der Waals surface area (Å²) in [5.74, 6) is -0.332. The number of halogens is 2. The van der Waals surface area contributed by atoms with E-state index in [0.29, 0.717) is 35.2 Å². The maximum Gasteiger partial charge on any atom is 0.310 e. The Labute approximate surface area is 179 Å². The summed E-state index contributed by atoms with van der Waals surface area (Å²) < 4.78 is 5.29. The van der Waals surface area contributed by atoms with Crippen molar-refractivity contribution in [1.29, 1.82) is 0 Å². The number of nitrogens with one attached hydrogen (secondary N) is 1. The van der Waals surface area contributed by atoms with Crippen LogP contribution in [0.2, 0.25) is 10.0 Å². The Morgan fingerprint density at radius 2 is 1.62 bits per heavy atom. The second kappa shape index (κ2) is 12.1. The van der Waals surface area contributed by atoms with Crippen LogP contribution in [-0.2, 0) is 20.8 Å². The zero-order valence-corrected chi connectivity index (χ0v) is 17.2. The van der Waals surface area contributed by atoms with Crippen LogP contribution in [-0.4, -0.2) is 24.3 Å². The first-order valence-electron chi connectivity index (χ1n) is 9.19. The lowest BCUT2D eigenvalue weighted by molar-refractivity contribution is -0.757. The van der Waals surface area contributed by atoms with E-state index in [9.17, 15) is 14.9 Å². The van der Waals surface area contributed by atoms with E-state index >= 15 is 0 Å². The number of carbonyl (C=O) groups is 1. The monoisotopic (exact) mass is 440 g/mol. The number of hydrogen-bond acceptors (Lipinski definition) is 6. The molecule has 0 saturated heterocycles. The highest BCUT2D eigenvalue weighted by Crippen LogP contribution is 2.33. The van der Waals surface area contributed by atoms with Gasteiger partial charge in [-0.15, -0.1) is 10.1 Å². The number of rotatable bonds is 12. The molecule has 0 spiro atoms. The highest BCUT2D eigenvalue weighted by Gasteiger charge is 2.12. The number of benzene rings is 2. The molecule has 0 amide bonds. The fourth-order valence-electron chi connectivity index (χ4n) is 2.64. The molecule has 0 unspecified atom stereocenters. The van der Waals surface area contributed by atoms with Gasteiger partial charge in [0.25, 0.3) is 5.09 Å². The Hall–Kier alpha value is -2.51. The average molecular weight is 441 g/mol. The van der Waals surface area contributed by atoms with Gasteiger partial charge in [-0.3, -0.25) is 4.79 Å². The van der Waals surface area contributed by atoms with Gasteiger partial charge in [-0.1, -0.05) is 53.9 Å². The minimum atomic E-state index is -0.797. The van der Waals surface area contributed by atoms with Crippen molar-refractivity contribution in [3.05, 3.63) is 68.2 Å². The first-order chi connectivity index (χ1) is 14.0. The van der Waals surface area contributed by atoms with Crippen molar-refractivity contribution < 1.29 is 19.5 Å². The number of ether oxygens (including phenoxy) is 1. The molecular weight excluding hydrogens is 419 g/mol. The Morgan fingerprint density at radius 1 is 0.966 bits per heavy atom. The number of hydrogen-bond donors (Lipinski definition) is 1. The standard InChI is InChI=1S/C20H22Cl2N2O5/c21-16-9-7-10-17(22)20(16)23-18-11-4-3-8-15(18)14-19(25)28-12-5-1-2-6-13-29-24(26)27/h3-4,7-11,23H,1-2,5-6,12-14H2. The van der Waals surface area contributed by atoms with E-state index in [-0.39, 0.29) is 19.0 Å². The Bertz CT molecular complexity index is 812. The normalized spacial score (nSPS) is 10.4. The number of para-hydroxylation sites is 2. The highest BCUT2D eigenvalue weighted by molar-refractivity contribution is 6.39. The molecule has 0 aliphatic heterocycles. The van der Waals surface area contributed by atoms with Crippen LogP contribution >= 0.6 is 23.2 Å². The van der Waals surface area contributed by atoms with Gasteiger partial charge in [-0.05, 0) is 43.0 Å². The Morgan fingerprint density at radius 3 is 2.31 bits per heavy atom. The third kappa shape index (κ3) is 8.17. The summed E-state index contributed by atoms with van der Waals surface area (Å²) in [5.41, 5.74) is 2.08. The fourth-order valence-corrected chi connectivity index (χ4v) is 3.13. The van der Waals surface area contributed by atoms with Gasteiger partial charge < -0.3 is 14.9 Å². The maximum atomic E-state index is 12.2. The van der Waals surface area contributed by atoms with E-state index in [0.717, 1.165) is 24.1 Å². The van der Waals surface area contributed by atoms with Crippen molar-refractivity contribution >= 4 is 40.5 Å². The zero-order chi connectivity index (χ0) is 21.1. The number of unbranched alkanes of at least 4 members (excludes halogenated alkanes) is 3. The minimum absolute atomic E-state index is 0.0893. The smallest absolute Gasteiger partial charge is 0.310 e. The molecule has 0 radical (unpaired) electrons. The van der Waals surface area contributed by atoms with Gasteiger partial charge in [0.15, 0.2) is 0 Å². The molecule has 0 aliphatic carbocycles. The second-order valence-electron chi connectivity index (χ2n) is 6.25. The fraction of sp³-hybridized carbons (Fsp3) is 0.350. The van der Waals surface area contributed by atoms with E-state index in [2.05, 4.69) is 10.2 Å². The van der Waals surface area contributed by atoms with E-state index < -0.39 is 5.09 Å². The van der Waals surface area contributed by atoms with Crippen LogP contribution in [0.25, 0.3) is 0 Å². The van der Waals surface area contributed by atoms with Gasteiger partial charge in [0.2, 0.25) is 0 Å². The first kappa shape index (κ1) is 22.8. The highest BCUT2D eigenvalue weighted by atomic mass is 35.5. The Balaban J connectivity index is 1.79. The van der Waals surface area contributed by atoms with E-state index in [1.165, 1.54) is 0 Å². The summed E-state index contributed by atoms with van der Waals surface area (Å²) >= 11 is 12.4. The summed E-state index contributed by atoms with van der Waals surface area (Å²) in [6, 6.07) is 12.6. The molecule has 2 aromatic rings. The molecule has 0 saturated carbocycles. The third-order valence-corrected chi connectivity index (χ3v) is 4.70. The van der Waals surface area contributed by atoms with Gasteiger partial charge >= 0.3 is 5.97 Å². The summed E-state index contributed by atoms with van der Waals surface area (Å²) in [6.45, 7) is 0.396. The molecule has 0 bridgehead atoms. The number of esters is 1. The third-order valence-electron chi connectivity index (χ3n) is 4.07. The number of carbonyl (C=O) groups excluding carboxylic acids is 1. The predicted molar refractivity (Wildman–Crippen MR) is 112 cm³/mol. The molecule has 0 fully saturated rings. The lowest BCUT2D eigenvalue weighted by Crippen LogP contribution is -2.10. The van der Waals surface area contributed by atoms with Gasteiger partial charge in [-0.2, -0.15) is 0 Å². The van der Waals surface area contributed by atoms with Crippen LogP contribution in [0.15, 0.2) is 42.5 Å². The summed E-state index contributed by atoms with van der Waals surface area (Å²) in [7, 11) is 0. The van der Waals surface area contributed by atoms with Crippen molar-refractivity contribution in [3.8, 4) is 0 Å². The largest absolute Gasteiger partial charge is 0.465 e. The van der Waals surface area contributed by atoms with Crippen LogP contribution in [0.5, 0.6) is 0 Å². The van der Waals surface area contributed by atoms with Crippen LogP contribution in [0.3, 0.4) is 0 Å². The van der Waals surface area contributed by atoms with Crippen molar-refractivity contribution in [1.82, 2.24) is 0 Å². The summed E-state index contributed by atoms with van der Waals surface area (Å²) in [4.78, 5) is 26.4. The van der Waals surface area contributed by atoms with Crippen molar-refractivity contribution in [2.45, 2.75) is 32.1 Å². The SMILES string of the molecule is O=C(Cc1ccccc1Nc1c(Cl)cccc1Cl)OCCCCCCO[N+](=O)[O-]. The van der Waals surface area contributed by atoms with Crippen LogP contribution in [0, 0.1) is 10.1 Å². The number of nitrogens with zero attached hydrogens (tertiary/aromatic N) is 1. The van der Waals surface area contributed by atoms with Gasteiger partial charge in [-0.25, -0.2) is 0 Å². The quantitative estimate of drug-likeness (QED) is 0.200. The molecule has 0 heterocycles. The van der Waals surface area contributed by atoms with Crippen molar-refractivity contribution in [2.24, 2.45) is 0 Å². The molecular formula is C20H22Cl2N2O5. The second-order valence-corrected chi connectivity index (χ2v) is 7.06. The molecule has 0 atom stereocenters. The van der Waals surface area contributed by atoms with Crippen LogP contribution in [0.4, 0.5) is 11.4 Å². The van der Waals surface area contributed by atoms with Gasteiger partial charge in [0.05, 0.1) is 35.4 Å². The van der Waals surface area contributed by atoms with E-state index in [1.54, 1.807) is 18.2 Å². The maximum absolute atomic E-state index is 12.2. The molecule has 156 valence electrons. The molecule has 2 aromatic carbocycles. The summed E-state index contributed by atoms with van der Waals surface area (Å²) in [6.07, 6.45) is 2.98. The number of anilines is 2. The van der Waals surface area contributed by atoms with Crippen LogP contribution in [0.1, 0.15) is 31.2 Å². The molecule has 9 heteroatoms. The minimum Gasteiger partial charge on any atom is -0.465 e. The van der Waals surface area contributed by atoms with Gasteiger partial charge in [0, 0.05) is 5.69 Å². The van der Waals surface area contributed by atoms with E-state index in [4.69, 9.17) is 27.9 Å². The van der Waals surface area contributed by atoms with Crippen LogP contribution < -0.4 is 5.32 Å². The molecule has 0 aliphatic rings. The van der Waals surface area contributed by atoms with E-state index in [1.807, 2.05) is 24.3 Å².